The highest BCUT2D eigenvalue weighted by atomic mass is 19.1. The van der Waals surface area contributed by atoms with Crippen molar-refractivity contribution in [2.24, 2.45) is 7.05 Å². The Bertz CT molecular complexity index is 1180. The van der Waals surface area contributed by atoms with Crippen LogP contribution < -0.4 is 4.90 Å². The molecule has 2 aromatic heterocycles. The van der Waals surface area contributed by atoms with Gasteiger partial charge in [0.05, 0.1) is 11.1 Å². The summed E-state index contributed by atoms with van der Waals surface area (Å²) < 4.78 is 16.0. The SMILES string of the molecule is Cn1cc2cc(-c3ncc4cc(N5CCCC5)ccc4n3)c(O)c(F)c2n1. The molecule has 1 N–H and O–H groups in total. The Morgan fingerprint density at radius 3 is 2.74 bits per heavy atom. The van der Waals surface area contributed by atoms with Gasteiger partial charge in [-0.15, -0.1) is 0 Å². The van der Waals surface area contributed by atoms with Crippen molar-refractivity contribution < 1.29 is 9.50 Å². The maximum atomic E-state index is 14.5. The minimum Gasteiger partial charge on any atom is -0.504 e. The van der Waals surface area contributed by atoms with Gasteiger partial charge in [0.25, 0.3) is 0 Å². The molecular formula is C20H18FN5O. The van der Waals surface area contributed by atoms with Crippen LogP contribution in [0.5, 0.6) is 5.75 Å². The van der Waals surface area contributed by atoms with Crippen molar-refractivity contribution in [2.45, 2.75) is 12.8 Å². The van der Waals surface area contributed by atoms with Crippen LogP contribution in [0.4, 0.5) is 10.1 Å². The molecule has 1 fully saturated rings. The van der Waals surface area contributed by atoms with Crippen molar-refractivity contribution in [2.75, 3.05) is 18.0 Å². The highest BCUT2D eigenvalue weighted by Crippen LogP contribution is 2.35. The van der Waals surface area contributed by atoms with E-state index < -0.39 is 11.6 Å². The van der Waals surface area contributed by atoms with Crippen LogP contribution in [0.1, 0.15) is 12.8 Å². The van der Waals surface area contributed by atoms with E-state index in [1.807, 2.05) is 6.07 Å². The van der Waals surface area contributed by atoms with Gasteiger partial charge in [-0.05, 0) is 37.1 Å². The fourth-order valence-electron chi connectivity index (χ4n) is 3.73. The maximum Gasteiger partial charge on any atom is 0.193 e. The first-order valence-electron chi connectivity index (χ1n) is 8.97. The van der Waals surface area contributed by atoms with E-state index in [4.69, 9.17) is 0 Å². The van der Waals surface area contributed by atoms with Gasteiger partial charge in [0.1, 0.15) is 5.52 Å². The minimum absolute atomic E-state index is 0.134. The van der Waals surface area contributed by atoms with Crippen LogP contribution in [0.25, 0.3) is 33.2 Å². The maximum absolute atomic E-state index is 14.5. The average Bonchev–Trinajstić information content (AvgIpc) is 3.33. The second-order valence-electron chi connectivity index (χ2n) is 6.96. The smallest absolute Gasteiger partial charge is 0.193 e. The third-order valence-corrected chi connectivity index (χ3v) is 5.10. The molecule has 6 nitrogen and oxygen atoms in total. The fourth-order valence-corrected chi connectivity index (χ4v) is 3.73. The van der Waals surface area contributed by atoms with Crippen molar-refractivity contribution >= 4 is 27.5 Å². The number of benzene rings is 2. The molecule has 1 aliphatic rings. The molecule has 27 heavy (non-hydrogen) atoms. The summed E-state index contributed by atoms with van der Waals surface area (Å²) in [5, 5.41) is 15.9. The number of anilines is 1. The third-order valence-electron chi connectivity index (χ3n) is 5.10. The van der Waals surface area contributed by atoms with Gasteiger partial charge in [-0.3, -0.25) is 4.68 Å². The number of aromatic hydroxyl groups is 1. The molecule has 0 unspecified atom stereocenters. The van der Waals surface area contributed by atoms with Gasteiger partial charge in [0, 0.05) is 49.0 Å². The average molecular weight is 363 g/mol. The molecule has 1 saturated heterocycles. The predicted octanol–water partition coefficient (Wildman–Crippen LogP) is 3.63. The number of nitrogens with zero attached hydrogens (tertiary/aromatic N) is 5. The Kier molecular flexibility index (Phi) is 3.50. The number of hydrogen-bond donors (Lipinski definition) is 1. The first kappa shape index (κ1) is 16.0. The molecule has 0 saturated carbocycles. The molecule has 0 atom stereocenters. The number of hydrogen-bond acceptors (Lipinski definition) is 5. The van der Waals surface area contributed by atoms with Crippen LogP contribution >= 0.6 is 0 Å². The van der Waals surface area contributed by atoms with Gasteiger partial charge in [0.2, 0.25) is 0 Å². The summed E-state index contributed by atoms with van der Waals surface area (Å²) in [5.74, 6) is -0.941. The van der Waals surface area contributed by atoms with E-state index in [0.29, 0.717) is 11.2 Å². The summed E-state index contributed by atoms with van der Waals surface area (Å²) in [6.07, 6.45) is 5.86. The molecule has 0 spiro atoms. The number of rotatable bonds is 2. The van der Waals surface area contributed by atoms with Crippen LogP contribution in [0.2, 0.25) is 0 Å². The van der Waals surface area contributed by atoms with E-state index >= 15 is 0 Å². The molecular weight excluding hydrogens is 345 g/mol. The summed E-state index contributed by atoms with van der Waals surface area (Å²) in [6, 6.07) is 7.75. The largest absolute Gasteiger partial charge is 0.504 e. The summed E-state index contributed by atoms with van der Waals surface area (Å²) >= 11 is 0. The molecule has 0 aliphatic carbocycles. The Hall–Kier alpha value is -3.22. The number of phenolic OH excluding ortho intramolecular Hbond substituents is 1. The lowest BCUT2D eigenvalue weighted by molar-refractivity contribution is 0.437. The van der Waals surface area contributed by atoms with Crippen molar-refractivity contribution in [3.8, 4) is 17.1 Å². The molecule has 0 amide bonds. The van der Waals surface area contributed by atoms with E-state index in [1.54, 1.807) is 25.5 Å². The zero-order valence-corrected chi connectivity index (χ0v) is 14.9. The first-order chi connectivity index (χ1) is 13.1. The lowest BCUT2D eigenvalue weighted by Crippen LogP contribution is -2.17. The van der Waals surface area contributed by atoms with E-state index in [0.717, 1.165) is 24.0 Å². The lowest BCUT2D eigenvalue weighted by atomic mass is 10.1. The Morgan fingerprint density at radius 2 is 1.93 bits per heavy atom. The highest BCUT2D eigenvalue weighted by molar-refractivity contribution is 5.89. The molecule has 7 heteroatoms. The van der Waals surface area contributed by atoms with Gasteiger partial charge in [-0.2, -0.15) is 5.10 Å². The van der Waals surface area contributed by atoms with Crippen molar-refractivity contribution in [1.29, 1.82) is 0 Å². The van der Waals surface area contributed by atoms with Gasteiger partial charge >= 0.3 is 0 Å². The van der Waals surface area contributed by atoms with E-state index in [1.165, 1.54) is 23.2 Å². The standard InChI is InChI=1S/C20H18FN5O/c1-25-11-13-9-15(19(27)17(21)18(13)24-25)20-22-10-12-8-14(4-5-16(12)23-20)26-6-2-3-7-26/h4-5,8-11,27H,2-3,6-7H2,1H3. The van der Waals surface area contributed by atoms with Crippen LogP contribution in [0.3, 0.4) is 0 Å². The summed E-state index contributed by atoms with van der Waals surface area (Å²) in [5.41, 5.74) is 2.32. The zero-order valence-electron chi connectivity index (χ0n) is 14.9. The van der Waals surface area contributed by atoms with Crippen LogP contribution in [-0.4, -0.2) is 37.9 Å². The lowest BCUT2D eigenvalue weighted by Gasteiger charge is -2.17. The first-order valence-corrected chi connectivity index (χ1v) is 8.97. The summed E-state index contributed by atoms with van der Waals surface area (Å²) in [4.78, 5) is 11.3. The van der Waals surface area contributed by atoms with Crippen molar-refractivity contribution in [1.82, 2.24) is 19.7 Å². The number of halogens is 1. The monoisotopic (exact) mass is 363 g/mol. The molecule has 4 aromatic rings. The van der Waals surface area contributed by atoms with Gasteiger partial charge in [-0.1, -0.05) is 0 Å². The molecule has 0 radical (unpaired) electrons. The normalized spacial score (nSPS) is 14.5. The van der Waals surface area contributed by atoms with Gasteiger partial charge in [-0.25, -0.2) is 14.4 Å². The molecule has 0 bridgehead atoms. The number of phenols is 1. The van der Waals surface area contributed by atoms with Crippen molar-refractivity contribution in [3.05, 3.63) is 42.5 Å². The van der Waals surface area contributed by atoms with Gasteiger partial charge < -0.3 is 10.0 Å². The van der Waals surface area contributed by atoms with Crippen LogP contribution in [0.15, 0.2) is 36.7 Å². The zero-order chi connectivity index (χ0) is 18.5. The second kappa shape index (κ2) is 5.90. The molecule has 5 rings (SSSR count). The van der Waals surface area contributed by atoms with Gasteiger partial charge in [0.15, 0.2) is 17.4 Å². The quantitative estimate of drug-likeness (QED) is 0.589. The second-order valence-corrected chi connectivity index (χ2v) is 6.96. The Labute approximate surface area is 154 Å². The highest BCUT2D eigenvalue weighted by Gasteiger charge is 2.19. The van der Waals surface area contributed by atoms with Crippen LogP contribution in [-0.2, 0) is 7.05 Å². The molecule has 2 aromatic carbocycles. The summed E-state index contributed by atoms with van der Waals surface area (Å²) in [6.45, 7) is 2.14. The number of fused-ring (bicyclic) bond motifs is 2. The molecule has 1 aliphatic heterocycles. The molecule has 136 valence electrons. The Balaban J connectivity index is 1.61. The predicted molar refractivity (Wildman–Crippen MR) is 102 cm³/mol. The number of aryl methyl sites for hydroxylation is 1. The Morgan fingerprint density at radius 1 is 1.11 bits per heavy atom. The van der Waals surface area contributed by atoms with E-state index in [9.17, 15) is 9.50 Å². The number of aromatic nitrogens is 4. The fraction of sp³-hybridized carbons (Fsp3) is 0.250. The minimum atomic E-state index is -0.754. The van der Waals surface area contributed by atoms with Crippen molar-refractivity contribution in [3.63, 3.8) is 0 Å². The molecule has 3 heterocycles. The third kappa shape index (κ3) is 2.58. The topological polar surface area (TPSA) is 67.1 Å². The summed E-state index contributed by atoms with van der Waals surface area (Å²) in [7, 11) is 1.71. The van der Waals surface area contributed by atoms with E-state index in [2.05, 4.69) is 32.1 Å². The van der Waals surface area contributed by atoms with E-state index in [-0.39, 0.29) is 11.1 Å². The van der Waals surface area contributed by atoms with Crippen LogP contribution in [0, 0.1) is 5.82 Å².